The third-order valence-corrected chi connectivity index (χ3v) is 18.0. The molecule has 0 bridgehead atoms. The standard InChI is InChI=1S/C83H152O5/c1-3-5-7-9-11-13-15-17-19-21-23-25-27-29-31-33-35-37-38-39-40-41-42-43-44-46-48-50-52-54-56-58-60-62-64-66-68-70-72-74-76-78-83(86)88-81(79-84)80-87-82(85)77-75-73-71-69-67-65-63-61-59-57-55-53-51-49-47-45-36-34-32-30-28-26-24-22-20-18-16-14-12-10-8-6-4-2/h5,7,11,13,17,19,23,25,29,31,35,37,81,84H,3-4,6,8-10,12,14-16,18,20-22,24,26-28,30,32-34,36,38-80H2,1-2H3/b7-5-,13-11-,19-17-,25-23-,31-29-,37-35-. The van der Waals surface area contributed by atoms with Gasteiger partial charge in [0.25, 0.3) is 0 Å². The fraction of sp³-hybridized carbons (Fsp3) is 0.831. The van der Waals surface area contributed by atoms with Crippen LogP contribution in [0.3, 0.4) is 0 Å². The summed E-state index contributed by atoms with van der Waals surface area (Å²) in [5.74, 6) is -0.565. The SMILES string of the molecule is CC/C=C\C/C=C\C/C=C\C/C=C\C/C=C\C/C=C\CCCCCCCCCCCCCCCCCCCCCCCCC(=O)OC(CO)COC(=O)CCCCCCCCCCCCCCCCCCCCCCCCCCCCCCCCCCC. The van der Waals surface area contributed by atoms with Crippen molar-refractivity contribution in [1.82, 2.24) is 0 Å². The quantitative estimate of drug-likeness (QED) is 0.0373. The third kappa shape index (κ3) is 75.8. The number of hydrogen-bond donors (Lipinski definition) is 1. The Kier molecular flexibility index (Phi) is 76.2. The molecular weight excluding hydrogens is 1080 g/mol. The summed E-state index contributed by atoms with van der Waals surface area (Å²) >= 11 is 0. The number of aliphatic hydroxyl groups is 1. The van der Waals surface area contributed by atoms with Gasteiger partial charge in [-0.1, -0.05) is 421 Å². The normalized spacial score (nSPS) is 12.5. The maximum Gasteiger partial charge on any atom is 0.306 e. The van der Waals surface area contributed by atoms with Crippen molar-refractivity contribution in [1.29, 1.82) is 0 Å². The fourth-order valence-corrected chi connectivity index (χ4v) is 12.2. The van der Waals surface area contributed by atoms with E-state index in [1.807, 2.05) is 0 Å². The number of aliphatic hydroxyl groups excluding tert-OH is 1. The minimum Gasteiger partial charge on any atom is -0.462 e. The topological polar surface area (TPSA) is 72.8 Å². The Morgan fingerprint density at radius 3 is 0.739 bits per heavy atom. The van der Waals surface area contributed by atoms with Crippen molar-refractivity contribution in [3.05, 3.63) is 72.9 Å². The summed E-state index contributed by atoms with van der Waals surface area (Å²) < 4.78 is 10.8. The zero-order valence-corrected chi connectivity index (χ0v) is 59.3. The first-order chi connectivity index (χ1) is 43.6. The summed E-state index contributed by atoms with van der Waals surface area (Å²) in [5, 5.41) is 9.73. The van der Waals surface area contributed by atoms with E-state index in [-0.39, 0.29) is 25.2 Å². The van der Waals surface area contributed by atoms with Gasteiger partial charge in [0.05, 0.1) is 6.61 Å². The second-order valence-corrected chi connectivity index (χ2v) is 26.8. The van der Waals surface area contributed by atoms with Gasteiger partial charge in [0, 0.05) is 12.8 Å². The Hall–Kier alpha value is -2.66. The zero-order valence-electron chi connectivity index (χ0n) is 59.3. The van der Waals surface area contributed by atoms with E-state index in [0.29, 0.717) is 12.8 Å². The molecule has 0 spiro atoms. The molecule has 5 heteroatoms. The van der Waals surface area contributed by atoms with Gasteiger partial charge in [-0.25, -0.2) is 0 Å². The van der Waals surface area contributed by atoms with Crippen molar-refractivity contribution in [3.63, 3.8) is 0 Å². The molecule has 88 heavy (non-hydrogen) atoms. The maximum atomic E-state index is 12.4. The highest BCUT2D eigenvalue weighted by Gasteiger charge is 2.16. The van der Waals surface area contributed by atoms with Gasteiger partial charge in [0.15, 0.2) is 6.10 Å². The summed E-state index contributed by atoms with van der Waals surface area (Å²) in [5.41, 5.74) is 0. The van der Waals surface area contributed by atoms with Crippen LogP contribution in [0, 0.1) is 0 Å². The van der Waals surface area contributed by atoms with Crippen molar-refractivity contribution >= 4 is 11.9 Å². The number of allylic oxidation sites excluding steroid dienone is 12. The lowest BCUT2D eigenvalue weighted by atomic mass is 10.0. The molecule has 0 aliphatic rings. The molecule has 0 aliphatic heterocycles. The van der Waals surface area contributed by atoms with Crippen LogP contribution in [-0.4, -0.2) is 36.4 Å². The lowest BCUT2D eigenvalue weighted by molar-refractivity contribution is -0.161. The van der Waals surface area contributed by atoms with Gasteiger partial charge in [0.2, 0.25) is 0 Å². The van der Waals surface area contributed by atoms with E-state index in [1.54, 1.807) is 0 Å². The minimum absolute atomic E-state index is 0.0597. The van der Waals surface area contributed by atoms with E-state index in [0.717, 1.165) is 70.6 Å². The molecule has 0 aromatic carbocycles. The van der Waals surface area contributed by atoms with E-state index in [1.165, 1.54) is 327 Å². The second kappa shape index (κ2) is 78.6. The molecule has 0 rings (SSSR count). The Labute approximate surface area is 550 Å². The van der Waals surface area contributed by atoms with Crippen LogP contribution in [0.25, 0.3) is 0 Å². The highest BCUT2D eigenvalue weighted by atomic mass is 16.6. The Bertz CT molecular complexity index is 1540. The van der Waals surface area contributed by atoms with Crippen molar-refractivity contribution < 1.29 is 24.2 Å². The first kappa shape index (κ1) is 85.3. The van der Waals surface area contributed by atoms with Crippen LogP contribution in [0.15, 0.2) is 72.9 Å². The van der Waals surface area contributed by atoms with Gasteiger partial charge in [0.1, 0.15) is 6.61 Å². The number of hydrogen-bond acceptors (Lipinski definition) is 5. The number of unbranched alkanes of at least 4 members (excludes halogenated alkanes) is 54. The number of carbonyl (C=O) groups excluding carboxylic acids is 2. The smallest absolute Gasteiger partial charge is 0.306 e. The van der Waals surface area contributed by atoms with Crippen LogP contribution in [0.1, 0.15) is 425 Å². The molecule has 1 unspecified atom stereocenters. The predicted molar refractivity (Wildman–Crippen MR) is 390 cm³/mol. The largest absolute Gasteiger partial charge is 0.462 e. The zero-order chi connectivity index (χ0) is 63.3. The van der Waals surface area contributed by atoms with Crippen molar-refractivity contribution in [2.45, 2.75) is 431 Å². The van der Waals surface area contributed by atoms with Gasteiger partial charge < -0.3 is 14.6 Å². The Morgan fingerprint density at radius 1 is 0.273 bits per heavy atom. The molecule has 0 fully saturated rings. The van der Waals surface area contributed by atoms with E-state index >= 15 is 0 Å². The van der Waals surface area contributed by atoms with Gasteiger partial charge in [-0.3, -0.25) is 9.59 Å². The molecule has 0 saturated carbocycles. The number of rotatable bonds is 74. The second-order valence-electron chi connectivity index (χ2n) is 26.8. The highest BCUT2D eigenvalue weighted by molar-refractivity contribution is 5.70. The molecule has 0 amide bonds. The molecule has 0 aliphatic carbocycles. The van der Waals surface area contributed by atoms with Crippen molar-refractivity contribution in [2.24, 2.45) is 0 Å². The molecule has 1 N–H and O–H groups in total. The highest BCUT2D eigenvalue weighted by Crippen LogP contribution is 2.20. The molecule has 0 aromatic rings. The summed E-state index contributed by atoms with van der Waals surface area (Å²) in [7, 11) is 0. The third-order valence-electron chi connectivity index (χ3n) is 18.0. The maximum absolute atomic E-state index is 12.4. The first-order valence-electron chi connectivity index (χ1n) is 39.5. The average molecular weight is 1230 g/mol. The van der Waals surface area contributed by atoms with Gasteiger partial charge in [-0.2, -0.15) is 0 Å². The molecule has 0 saturated heterocycles. The van der Waals surface area contributed by atoms with E-state index in [4.69, 9.17) is 9.47 Å². The molecular formula is C83H152O5. The molecule has 5 nitrogen and oxygen atoms in total. The summed E-state index contributed by atoms with van der Waals surface area (Å²) in [6, 6.07) is 0. The molecule has 1 atom stereocenters. The van der Waals surface area contributed by atoms with Crippen LogP contribution in [-0.2, 0) is 19.1 Å². The number of carbonyl (C=O) groups is 2. The molecule has 0 radical (unpaired) electrons. The molecule has 514 valence electrons. The van der Waals surface area contributed by atoms with Crippen molar-refractivity contribution in [2.75, 3.05) is 13.2 Å². The first-order valence-corrected chi connectivity index (χ1v) is 39.5. The van der Waals surface area contributed by atoms with E-state index < -0.39 is 6.10 Å². The lowest BCUT2D eigenvalue weighted by Gasteiger charge is -2.15. The van der Waals surface area contributed by atoms with Crippen LogP contribution in [0.2, 0.25) is 0 Å². The summed E-state index contributed by atoms with van der Waals surface area (Å²) in [6.45, 7) is 4.09. The predicted octanol–water partition coefficient (Wildman–Crippen LogP) is 27.8. The van der Waals surface area contributed by atoms with Crippen LogP contribution >= 0.6 is 0 Å². The molecule has 0 aromatic heterocycles. The van der Waals surface area contributed by atoms with E-state index in [2.05, 4.69) is 86.8 Å². The fourth-order valence-electron chi connectivity index (χ4n) is 12.2. The van der Waals surface area contributed by atoms with Crippen LogP contribution in [0.5, 0.6) is 0 Å². The molecule has 0 heterocycles. The minimum atomic E-state index is -0.772. The number of esters is 2. The van der Waals surface area contributed by atoms with Gasteiger partial charge in [-0.15, -0.1) is 0 Å². The van der Waals surface area contributed by atoms with Crippen LogP contribution in [0.4, 0.5) is 0 Å². The number of ether oxygens (including phenoxy) is 2. The summed E-state index contributed by atoms with van der Waals surface area (Å²) in [6.07, 6.45) is 110. The lowest BCUT2D eigenvalue weighted by Crippen LogP contribution is -2.28. The Morgan fingerprint density at radius 2 is 0.489 bits per heavy atom. The van der Waals surface area contributed by atoms with Gasteiger partial charge >= 0.3 is 11.9 Å². The van der Waals surface area contributed by atoms with Crippen molar-refractivity contribution in [3.8, 4) is 0 Å². The monoisotopic (exact) mass is 1230 g/mol. The summed E-state index contributed by atoms with van der Waals surface area (Å²) in [4.78, 5) is 24.7. The van der Waals surface area contributed by atoms with E-state index in [9.17, 15) is 14.7 Å². The van der Waals surface area contributed by atoms with Crippen LogP contribution < -0.4 is 0 Å². The van der Waals surface area contributed by atoms with Gasteiger partial charge in [-0.05, 0) is 64.2 Å². The average Bonchev–Trinajstić information content (AvgIpc) is 3.56. The Balaban J connectivity index is 3.38.